The maximum absolute atomic E-state index is 13.0. The van der Waals surface area contributed by atoms with Gasteiger partial charge in [-0.1, -0.05) is 12.1 Å². The van der Waals surface area contributed by atoms with E-state index < -0.39 is 5.60 Å². The molecule has 0 aliphatic carbocycles. The molecule has 0 atom stereocenters. The number of aliphatic hydroxyl groups is 1. The molecule has 5 nitrogen and oxygen atoms in total. The highest BCUT2D eigenvalue weighted by Crippen LogP contribution is 2.28. The Labute approximate surface area is 156 Å². The number of benzene rings is 2. The molecule has 2 aromatic carbocycles. The van der Waals surface area contributed by atoms with Gasteiger partial charge >= 0.3 is 0 Å². The molecule has 27 heavy (non-hydrogen) atoms. The zero-order chi connectivity index (χ0) is 19.0. The first-order valence-electron chi connectivity index (χ1n) is 9.00. The van der Waals surface area contributed by atoms with Gasteiger partial charge in [0, 0.05) is 36.5 Å². The Balaban J connectivity index is 1.43. The van der Waals surface area contributed by atoms with Crippen molar-refractivity contribution in [1.29, 1.82) is 0 Å². The number of phenolic OH excluding ortho intramolecular Hbond substituents is 1. The van der Waals surface area contributed by atoms with Gasteiger partial charge in [-0.2, -0.15) is 0 Å². The Morgan fingerprint density at radius 2 is 1.81 bits per heavy atom. The van der Waals surface area contributed by atoms with Crippen LogP contribution in [0.25, 0.3) is 10.9 Å². The van der Waals surface area contributed by atoms with Crippen molar-refractivity contribution in [3.63, 3.8) is 0 Å². The molecule has 0 spiro atoms. The van der Waals surface area contributed by atoms with Crippen molar-refractivity contribution in [1.82, 2.24) is 9.88 Å². The minimum Gasteiger partial charge on any atom is -0.508 e. The third kappa shape index (κ3) is 3.66. The predicted octanol–water partition coefficient (Wildman–Crippen LogP) is 3.22. The van der Waals surface area contributed by atoms with E-state index in [1.54, 1.807) is 41.3 Å². The number of aromatic amines is 1. The van der Waals surface area contributed by atoms with Gasteiger partial charge in [0.15, 0.2) is 0 Å². The molecule has 4 rings (SSSR count). The number of H-pyrrole nitrogens is 1. The Morgan fingerprint density at radius 1 is 1.11 bits per heavy atom. The zero-order valence-corrected chi connectivity index (χ0v) is 14.8. The standard InChI is InChI=1S/C21H21FN2O3/c22-16-4-1-14(2-5-16)13-21(27)7-9-24(10-8-21)20(26)19-11-15-3-6-17(25)12-18(15)23-19/h1-6,11-12,23,25,27H,7-10,13H2. The number of aromatic hydroxyl groups is 1. The number of carbonyl (C=O) groups excluding carboxylic acids is 1. The fourth-order valence-electron chi connectivity index (χ4n) is 3.69. The third-order valence-corrected chi connectivity index (χ3v) is 5.26. The largest absolute Gasteiger partial charge is 0.508 e. The number of hydrogen-bond donors (Lipinski definition) is 3. The lowest BCUT2D eigenvalue weighted by Crippen LogP contribution is -2.47. The molecule has 0 radical (unpaired) electrons. The van der Waals surface area contributed by atoms with E-state index in [2.05, 4.69) is 4.98 Å². The molecule has 1 aliphatic heterocycles. The molecule has 0 unspecified atom stereocenters. The summed E-state index contributed by atoms with van der Waals surface area (Å²) in [6.07, 6.45) is 1.38. The molecule has 1 amide bonds. The lowest BCUT2D eigenvalue weighted by atomic mass is 9.85. The van der Waals surface area contributed by atoms with Crippen molar-refractivity contribution in [2.45, 2.75) is 24.9 Å². The van der Waals surface area contributed by atoms with Crippen molar-refractivity contribution >= 4 is 16.8 Å². The van der Waals surface area contributed by atoms with Crippen LogP contribution in [0.1, 0.15) is 28.9 Å². The van der Waals surface area contributed by atoms with Crippen LogP contribution in [-0.2, 0) is 6.42 Å². The number of fused-ring (bicyclic) bond motifs is 1. The number of halogens is 1. The van der Waals surface area contributed by atoms with E-state index in [1.807, 2.05) is 0 Å². The molecule has 0 bridgehead atoms. The van der Waals surface area contributed by atoms with Crippen LogP contribution >= 0.6 is 0 Å². The number of phenols is 1. The van der Waals surface area contributed by atoms with E-state index in [1.165, 1.54) is 12.1 Å². The van der Waals surface area contributed by atoms with Crippen molar-refractivity contribution < 1.29 is 19.4 Å². The van der Waals surface area contributed by atoms with E-state index in [-0.39, 0.29) is 17.5 Å². The Bertz CT molecular complexity index is 973. The van der Waals surface area contributed by atoms with Gasteiger partial charge in [0.05, 0.1) is 5.60 Å². The van der Waals surface area contributed by atoms with Crippen molar-refractivity contribution in [2.75, 3.05) is 13.1 Å². The van der Waals surface area contributed by atoms with Crippen LogP contribution in [0.3, 0.4) is 0 Å². The van der Waals surface area contributed by atoms with E-state index in [0.717, 1.165) is 10.9 Å². The second kappa shape index (κ2) is 6.70. The first-order valence-corrected chi connectivity index (χ1v) is 9.00. The highest BCUT2D eigenvalue weighted by molar-refractivity contribution is 5.98. The van der Waals surface area contributed by atoms with Gasteiger partial charge < -0.3 is 20.1 Å². The molecular formula is C21H21FN2O3. The summed E-state index contributed by atoms with van der Waals surface area (Å²) in [4.78, 5) is 17.5. The topological polar surface area (TPSA) is 76.6 Å². The molecular weight excluding hydrogens is 347 g/mol. The highest BCUT2D eigenvalue weighted by atomic mass is 19.1. The maximum atomic E-state index is 13.0. The van der Waals surface area contributed by atoms with Crippen LogP contribution in [-0.4, -0.2) is 44.7 Å². The predicted molar refractivity (Wildman–Crippen MR) is 100 cm³/mol. The Hall–Kier alpha value is -2.86. The molecule has 1 aromatic heterocycles. The molecule has 1 fully saturated rings. The maximum Gasteiger partial charge on any atom is 0.270 e. The van der Waals surface area contributed by atoms with Crippen molar-refractivity contribution in [3.8, 4) is 5.75 Å². The first kappa shape index (κ1) is 17.5. The molecule has 3 aromatic rings. The fourth-order valence-corrected chi connectivity index (χ4v) is 3.69. The normalized spacial score (nSPS) is 16.6. The fraction of sp³-hybridized carbons (Fsp3) is 0.286. The average molecular weight is 368 g/mol. The summed E-state index contributed by atoms with van der Waals surface area (Å²) < 4.78 is 13.0. The number of nitrogens with one attached hydrogen (secondary N) is 1. The van der Waals surface area contributed by atoms with Gasteiger partial charge in [0.25, 0.3) is 5.91 Å². The van der Waals surface area contributed by atoms with E-state index in [4.69, 9.17) is 0 Å². The Morgan fingerprint density at radius 3 is 2.52 bits per heavy atom. The number of piperidine rings is 1. The summed E-state index contributed by atoms with van der Waals surface area (Å²) in [5, 5.41) is 21.3. The number of rotatable bonds is 3. The van der Waals surface area contributed by atoms with Gasteiger partial charge in [-0.25, -0.2) is 4.39 Å². The van der Waals surface area contributed by atoms with Crippen molar-refractivity contribution in [3.05, 3.63) is 65.6 Å². The lowest BCUT2D eigenvalue weighted by Gasteiger charge is -2.38. The highest BCUT2D eigenvalue weighted by Gasteiger charge is 2.34. The van der Waals surface area contributed by atoms with Gasteiger partial charge in [-0.3, -0.25) is 4.79 Å². The lowest BCUT2D eigenvalue weighted by molar-refractivity contribution is -0.0163. The number of amides is 1. The van der Waals surface area contributed by atoms with Crippen LogP contribution in [0.15, 0.2) is 48.5 Å². The number of aromatic nitrogens is 1. The zero-order valence-electron chi connectivity index (χ0n) is 14.8. The summed E-state index contributed by atoms with van der Waals surface area (Å²) >= 11 is 0. The van der Waals surface area contributed by atoms with E-state index in [9.17, 15) is 19.4 Å². The molecule has 6 heteroatoms. The first-order chi connectivity index (χ1) is 12.9. The molecule has 3 N–H and O–H groups in total. The van der Waals surface area contributed by atoms with Gasteiger partial charge in [-0.15, -0.1) is 0 Å². The number of nitrogens with zero attached hydrogens (tertiary/aromatic N) is 1. The van der Waals surface area contributed by atoms with Crippen LogP contribution in [0.4, 0.5) is 4.39 Å². The van der Waals surface area contributed by atoms with E-state index >= 15 is 0 Å². The smallest absolute Gasteiger partial charge is 0.270 e. The summed E-state index contributed by atoms with van der Waals surface area (Å²) in [7, 11) is 0. The summed E-state index contributed by atoms with van der Waals surface area (Å²) in [6.45, 7) is 0.911. The summed E-state index contributed by atoms with van der Waals surface area (Å²) in [5.74, 6) is -0.264. The average Bonchev–Trinajstić information content (AvgIpc) is 3.07. The molecule has 1 saturated heterocycles. The molecule has 2 heterocycles. The summed E-state index contributed by atoms with van der Waals surface area (Å²) in [5.41, 5.74) is 1.18. The number of hydrogen-bond acceptors (Lipinski definition) is 3. The molecule has 0 saturated carbocycles. The van der Waals surface area contributed by atoms with Gasteiger partial charge in [0.1, 0.15) is 17.3 Å². The molecule has 1 aliphatic rings. The van der Waals surface area contributed by atoms with Gasteiger partial charge in [-0.05, 0) is 48.7 Å². The van der Waals surface area contributed by atoms with Gasteiger partial charge in [0.2, 0.25) is 0 Å². The monoisotopic (exact) mass is 368 g/mol. The van der Waals surface area contributed by atoms with Crippen LogP contribution < -0.4 is 0 Å². The third-order valence-electron chi connectivity index (χ3n) is 5.26. The minimum atomic E-state index is -0.888. The minimum absolute atomic E-state index is 0.116. The number of carbonyl (C=O) groups is 1. The van der Waals surface area contributed by atoms with Crippen LogP contribution in [0.5, 0.6) is 5.75 Å². The number of likely N-dealkylation sites (tertiary alicyclic amines) is 1. The molecule has 140 valence electrons. The van der Waals surface area contributed by atoms with Crippen LogP contribution in [0.2, 0.25) is 0 Å². The second-order valence-corrected chi connectivity index (χ2v) is 7.27. The van der Waals surface area contributed by atoms with Crippen molar-refractivity contribution in [2.24, 2.45) is 0 Å². The SMILES string of the molecule is O=C(c1cc2ccc(O)cc2[nH]1)N1CCC(O)(Cc2ccc(F)cc2)CC1. The summed E-state index contributed by atoms with van der Waals surface area (Å²) in [6, 6.07) is 12.9. The Kier molecular flexibility index (Phi) is 4.36. The quantitative estimate of drug-likeness (QED) is 0.664. The van der Waals surface area contributed by atoms with Crippen LogP contribution in [0, 0.1) is 5.82 Å². The van der Waals surface area contributed by atoms with E-state index in [0.29, 0.717) is 43.6 Å². The second-order valence-electron chi connectivity index (χ2n) is 7.27.